The Bertz CT molecular complexity index is 1130. The second kappa shape index (κ2) is 7.04. The predicted molar refractivity (Wildman–Crippen MR) is 104 cm³/mol. The molecule has 5 heteroatoms. The Kier molecular flexibility index (Phi) is 4.41. The molecule has 5 nitrogen and oxygen atoms in total. The number of aromatic carboxylic acids is 1. The van der Waals surface area contributed by atoms with Gasteiger partial charge in [-0.2, -0.15) is 0 Å². The molecule has 3 aromatic rings. The zero-order valence-electron chi connectivity index (χ0n) is 15.0. The Morgan fingerprint density at radius 3 is 2.54 bits per heavy atom. The van der Waals surface area contributed by atoms with E-state index in [0.29, 0.717) is 28.4 Å². The van der Waals surface area contributed by atoms with Gasteiger partial charge in [0, 0.05) is 11.1 Å². The monoisotopic (exact) mass is 372 g/mol. The van der Waals surface area contributed by atoms with Gasteiger partial charge in [0.2, 0.25) is 0 Å². The molecule has 138 valence electrons. The van der Waals surface area contributed by atoms with Crippen LogP contribution in [0.15, 0.2) is 76.7 Å². The average Bonchev–Trinajstić information content (AvgIpc) is 3.30. The quantitative estimate of drug-likeness (QED) is 0.519. The van der Waals surface area contributed by atoms with Gasteiger partial charge in [0.25, 0.3) is 0 Å². The summed E-state index contributed by atoms with van der Waals surface area (Å²) in [6, 6.07) is 17.6. The first kappa shape index (κ1) is 17.5. The van der Waals surface area contributed by atoms with Gasteiger partial charge < -0.3 is 14.3 Å². The van der Waals surface area contributed by atoms with Gasteiger partial charge in [-0.25, -0.2) is 9.59 Å². The summed E-state index contributed by atoms with van der Waals surface area (Å²) < 4.78 is 11.1. The topological polar surface area (TPSA) is 76.7 Å². The number of esters is 1. The SMILES string of the molecule is Cc1ccc(C2=C/C(=C\c3ccc(-c4cccc(C(=O)O)c4)o3)C(=O)O2)cc1. The van der Waals surface area contributed by atoms with Crippen molar-refractivity contribution in [3.8, 4) is 11.3 Å². The maximum absolute atomic E-state index is 12.2. The number of carbonyl (C=O) groups excluding carboxylic acids is 1. The molecule has 0 fully saturated rings. The molecule has 0 aliphatic carbocycles. The lowest BCUT2D eigenvalue weighted by molar-refractivity contribution is -0.130. The summed E-state index contributed by atoms with van der Waals surface area (Å²) in [6.07, 6.45) is 3.29. The molecule has 0 bridgehead atoms. The Morgan fingerprint density at radius 2 is 1.79 bits per heavy atom. The van der Waals surface area contributed by atoms with E-state index in [-0.39, 0.29) is 5.56 Å². The summed E-state index contributed by atoms with van der Waals surface area (Å²) in [6.45, 7) is 1.99. The predicted octanol–water partition coefficient (Wildman–Crippen LogP) is 4.93. The van der Waals surface area contributed by atoms with Crippen LogP contribution in [0.4, 0.5) is 0 Å². The van der Waals surface area contributed by atoms with Crippen molar-refractivity contribution in [3.05, 3.63) is 94.8 Å². The summed E-state index contributed by atoms with van der Waals surface area (Å²) in [5.41, 5.74) is 3.16. The maximum atomic E-state index is 12.2. The van der Waals surface area contributed by atoms with Crippen molar-refractivity contribution in [2.45, 2.75) is 6.92 Å². The number of rotatable bonds is 4. The molecule has 2 aromatic carbocycles. The first-order chi connectivity index (χ1) is 13.5. The third-order valence-corrected chi connectivity index (χ3v) is 4.38. The molecule has 0 spiro atoms. The molecular weight excluding hydrogens is 356 g/mol. The van der Waals surface area contributed by atoms with Crippen molar-refractivity contribution >= 4 is 23.8 Å². The number of hydrogen-bond acceptors (Lipinski definition) is 4. The van der Waals surface area contributed by atoms with Gasteiger partial charge in [0.15, 0.2) is 0 Å². The van der Waals surface area contributed by atoms with Crippen molar-refractivity contribution in [2.24, 2.45) is 0 Å². The molecule has 0 radical (unpaired) electrons. The van der Waals surface area contributed by atoms with E-state index in [0.717, 1.165) is 11.1 Å². The van der Waals surface area contributed by atoms with Crippen LogP contribution in [0, 0.1) is 6.92 Å². The number of cyclic esters (lactones) is 1. The number of aryl methyl sites for hydroxylation is 1. The molecule has 1 aromatic heterocycles. The van der Waals surface area contributed by atoms with E-state index in [9.17, 15) is 9.59 Å². The smallest absolute Gasteiger partial charge is 0.343 e. The van der Waals surface area contributed by atoms with Crippen LogP contribution >= 0.6 is 0 Å². The zero-order valence-corrected chi connectivity index (χ0v) is 15.0. The molecule has 4 rings (SSSR count). The minimum atomic E-state index is -1.00. The lowest BCUT2D eigenvalue weighted by Crippen LogP contribution is -1.97. The molecule has 2 heterocycles. The van der Waals surface area contributed by atoms with Crippen LogP contribution < -0.4 is 0 Å². The summed E-state index contributed by atoms with van der Waals surface area (Å²) >= 11 is 0. The first-order valence-corrected chi connectivity index (χ1v) is 8.66. The fraction of sp³-hybridized carbons (Fsp3) is 0.0435. The molecule has 28 heavy (non-hydrogen) atoms. The number of ether oxygens (including phenoxy) is 1. The van der Waals surface area contributed by atoms with Crippen LogP contribution in [-0.2, 0) is 9.53 Å². The van der Waals surface area contributed by atoms with Crippen molar-refractivity contribution in [1.82, 2.24) is 0 Å². The molecule has 0 amide bonds. The number of carboxylic acids is 1. The maximum Gasteiger partial charge on any atom is 0.343 e. The second-order valence-corrected chi connectivity index (χ2v) is 6.45. The van der Waals surface area contributed by atoms with Crippen LogP contribution in [0.1, 0.15) is 27.2 Å². The van der Waals surface area contributed by atoms with Crippen LogP contribution in [0.2, 0.25) is 0 Å². The summed E-state index contributed by atoms with van der Waals surface area (Å²) in [4.78, 5) is 23.3. The molecule has 0 saturated heterocycles. The van der Waals surface area contributed by atoms with E-state index in [1.165, 1.54) is 12.1 Å². The summed E-state index contributed by atoms with van der Waals surface area (Å²) in [5, 5.41) is 9.12. The summed E-state index contributed by atoms with van der Waals surface area (Å²) in [7, 11) is 0. The average molecular weight is 372 g/mol. The van der Waals surface area contributed by atoms with Crippen molar-refractivity contribution in [1.29, 1.82) is 0 Å². The van der Waals surface area contributed by atoms with Gasteiger partial charge in [-0.05, 0) is 43.3 Å². The van der Waals surface area contributed by atoms with E-state index in [4.69, 9.17) is 14.3 Å². The molecule has 1 aliphatic rings. The van der Waals surface area contributed by atoms with Crippen molar-refractivity contribution < 1.29 is 23.8 Å². The number of carbonyl (C=O) groups is 2. The fourth-order valence-electron chi connectivity index (χ4n) is 2.89. The highest BCUT2D eigenvalue weighted by molar-refractivity contribution is 6.04. The first-order valence-electron chi connectivity index (χ1n) is 8.66. The molecular formula is C23H16O5. The van der Waals surface area contributed by atoms with Crippen molar-refractivity contribution in [3.63, 3.8) is 0 Å². The third-order valence-electron chi connectivity index (χ3n) is 4.38. The highest BCUT2D eigenvalue weighted by Gasteiger charge is 2.22. The lowest BCUT2D eigenvalue weighted by atomic mass is 10.1. The van der Waals surface area contributed by atoms with E-state index < -0.39 is 11.9 Å². The number of benzene rings is 2. The van der Waals surface area contributed by atoms with E-state index in [2.05, 4.69) is 0 Å². The van der Waals surface area contributed by atoms with E-state index in [1.807, 2.05) is 31.2 Å². The second-order valence-electron chi connectivity index (χ2n) is 6.45. The van der Waals surface area contributed by atoms with Gasteiger partial charge in [0.1, 0.15) is 17.3 Å². The molecule has 0 saturated carbocycles. The highest BCUT2D eigenvalue weighted by Crippen LogP contribution is 2.29. The van der Waals surface area contributed by atoms with Crippen LogP contribution in [-0.4, -0.2) is 17.0 Å². The number of furan rings is 1. The molecule has 0 unspecified atom stereocenters. The zero-order chi connectivity index (χ0) is 19.7. The number of hydrogen-bond donors (Lipinski definition) is 1. The van der Waals surface area contributed by atoms with Gasteiger partial charge >= 0.3 is 11.9 Å². The van der Waals surface area contributed by atoms with Gasteiger partial charge in [0.05, 0.1) is 11.1 Å². The highest BCUT2D eigenvalue weighted by atomic mass is 16.5. The van der Waals surface area contributed by atoms with Crippen LogP contribution in [0.25, 0.3) is 23.2 Å². The van der Waals surface area contributed by atoms with Gasteiger partial charge in [-0.15, -0.1) is 0 Å². The van der Waals surface area contributed by atoms with E-state index in [1.54, 1.807) is 36.4 Å². The Labute approximate surface area is 161 Å². The Hall–Kier alpha value is -3.86. The Morgan fingerprint density at radius 1 is 1.00 bits per heavy atom. The molecule has 1 N–H and O–H groups in total. The Balaban J connectivity index is 1.61. The fourth-order valence-corrected chi connectivity index (χ4v) is 2.89. The standard InChI is InChI=1S/C23H16O5/c1-14-5-7-15(8-6-14)21-13-18(23(26)28-21)12-19-9-10-20(27-19)16-3-2-4-17(11-16)22(24)25/h2-13H,1H3,(H,24,25)/b18-12+. The largest absolute Gasteiger partial charge is 0.478 e. The van der Waals surface area contributed by atoms with Gasteiger partial charge in [-0.3, -0.25) is 0 Å². The minimum Gasteiger partial charge on any atom is -0.478 e. The van der Waals surface area contributed by atoms with Crippen molar-refractivity contribution in [2.75, 3.05) is 0 Å². The third kappa shape index (κ3) is 3.50. The minimum absolute atomic E-state index is 0.179. The van der Waals surface area contributed by atoms with Crippen LogP contribution in [0.3, 0.4) is 0 Å². The van der Waals surface area contributed by atoms with Crippen LogP contribution in [0.5, 0.6) is 0 Å². The molecule has 0 atom stereocenters. The normalized spacial score (nSPS) is 14.8. The number of carboxylic acid groups (broad SMARTS) is 1. The van der Waals surface area contributed by atoms with E-state index >= 15 is 0 Å². The van der Waals surface area contributed by atoms with Gasteiger partial charge in [-0.1, -0.05) is 42.0 Å². The molecule has 1 aliphatic heterocycles. The summed E-state index contributed by atoms with van der Waals surface area (Å²) in [5.74, 6) is 0.0462. The lowest BCUT2D eigenvalue weighted by Gasteiger charge is -2.01.